The van der Waals surface area contributed by atoms with Gasteiger partial charge in [-0.2, -0.15) is 0 Å². The first-order valence-electron chi connectivity index (χ1n) is 7.65. The van der Waals surface area contributed by atoms with Crippen LogP contribution in [0.25, 0.3) is 10.9 Å². The molecular weight excluding hydrogens is 280 g/mol. The number of amides is 2. The second-order valence-corrected chi connectivity index (χ2v) is 6.27. The van der Waals surface area contributed by atoms with Gasteiger partial charge in [0.15, 0.2) is 0 Å². The quantitative estimate of drug-likeness (QED) is 0.815. The van der Waals surface area contributed by atoms with Crippen LogP contribution in [0.2, 0.25) is 0 Å². The number of imide groups is 1. The standard InChI is InChI=1S/C17H18N2O3/c1-19-11-5-3-2-4-10(11)14-12(19)8-9(6-7-20)13-15(14)17(22)18-16(13)21/h2-5,9,13,15,20H,6-8H2,1H3,(H,18,21,22). The number of para-hydroxylation sites is 1. The van der Waals surface area contributed by atoms with Gasteiger partial charge in [0.1, 0.15) is 0 Å². The molecule has 1 aromatic heterocycles. The van der Waals surface area contributed by atoms with Crippen molar-refractivity contribution in [1.82, 2.24) is 9.88 Å². The summed E-state index contributed by atoms with van der Waals surface area (Å²) in [5.41, 5.74) is 3.20. The molecule has 5 nitrogen and oxygen atoms in total. The SMILES string of the molecule is Cn1c2c(c3ccccc31)C1C(=O)NC(=O)C1C(CCO)C2. The largest absolute Gasteiger partial charge is 0.396 e. The van der Waals surface area contributed by atoms with E-state index in [0.29, 0.717) is 6.42 Å². The summed E-state index contributed by atoms with van der Waals surface area (Å²) in [5, 5.41) is 12.9. The fraction of sp³-hybridized carbons (Fsp3) is 0.412. The average Bonchev–Trinajstić information content (AvgIpc) is 2.96. The minimum atomic E-state index is -0.418. The van der Waals surface area contributed by atoms with Gasteiger partial charge in [0, 0.05) is 30.3 Å². The van der Waals surface area contributed by atoms with Crippen LogP contribution in [0.15, 0.2) is 24.3 Å². The minimum Gasteiger partial charge on any atom is -0.396 e. The first-order valence-corrected chi connectivity index (χ1v) is 7.65. The second kappa shape index (κ2) is 4.68. The van der Waals surface area contributed by atoms with E-state index >= 15 is 0 Å². The molecule has 2 N–H and O–H groups in total. The Balaban J connectivity index is 1.98. The van der Waals surface area contributed by atoms with Crippen molar-refractivity contribution in [3.8, 4) is 0 Å². The highest BCUT2D eigenvalue weighted by molar-refractivity contribution is 6.10. The number of fused-ring (bicyclic) bond motifs is 5. The van der Waals surface area contributed by atoms with Crippen molar-refractivity contribution in [1.29, 1.82) is 0 Å². The molecule has 0 saturated carbocycles. The Labute approximate surface area is 127 Å². The fourth-order valence-corrected chi connectivity index (χ4v) is 4.29. The summed E-state index contributed by atoms with van der Waals surface area (Å²) in [6.45, 7) is 0.0363. The molecule has 0 radical (unpaired) electrons. The number of nitrogens with one attached hydrogen (secondary N) is 1. The van der Waals surface area contributed by atoms with Crippen LogP contribution in [0.3, 0.4) is 0 Å². The average molecular weight is 298 g/mol. The normalized spacial score (nSPS) is 26.9. The predicted octanol–water partition coefficient (Wildman–Crippen LogP) is 1.09. The Kier molecular flexibility index (Phi) is 2.87. The predicted molar refractivity (Wildman–Crippen MR) is 81.2 cm³/mol. The van der Waals surface area contributed by atoms with E-state index in [1.807, 2.05) is 31.3 Å². The van der Waals surface area contributed by atoms with Crippen molar-refractivity contribution in [3.05, 3.63) is 35.5 Å². The molecule has 3 atom stereocenters. The van der Waals surface area contributed by atoms with Crippen LogP contribution in [0.5, 0.6) is 0 Å². The summed E-state index contributed by atoms with van der Waals surface area (Å²) in [6.07, 6.45) is 1.27. The molecule has 22 heavy (non-hydrogen) atoms. The summed E-state index contributed by atoms with van der Waals surface area (Å²) in [5.74, 6) is -1.14. The van der Waals surface area contributed by atoms with Gasteiger partial charge in [-0.1, -0.05) is 18.2 Å². The smallest absolute Gasteiger partial charge is 0.235 e. The molecule has 1 aliphatic carbocycles. The number of aryl methyl sites for hydroxylation is 1. The van der Waals surface area contributed by atoms with Crippen LogP contribution < -0.4 is 5.32 Å². The Morgan fingerprint density at radius 2 is 2.05 bits per heavy atom. The zero-order valence-electron chi connectivity index (χ0n) is 12.4. The zero-order chi connectivity index (χ0) is 15.4. The Hall–Kier alpha value is -2.14. The lowest BCUT2D eigenvalue weighted by Crippen LogP contribution is -2.33. The van der Waals surface area contributed by atoms with Crippen molar-refractivity contribution < 1.29 is 14.7 Å². The molecule has 114 valence electrons. The summed E-state index contributed by atoms with van der Waals surface area (Å²) in [6, 6.07) is 8.01. The number of carbonyl (C=O) groups is 2. The van der Waals surface area contributed by atoms with Gasteiger partial charge < -0.3 is 9.67 Å². The molecular formula is C17H18N2O3. The summed E-state index contributed by atoms with van der Waals surface area (Å²) < 4.78 is 2.13. The Bertz CT molecular complexity index is 793. The zero-order valence-corrected chi connectivity index (χ0v) is 12.4. The summed E-state index contributed by atoms with van der Waals surface area (Å²) >= 11 is 0. The molecule has 3 unspecified atom stereocenters. The van der Waals surface area contributed by atoms with Gasteiger partial charge >= 0.3 is 0 Å². The van der Waals surface area contributed by atoms with Crippen molar-refractivity contribution in [3.63, 3.8) is 0 Å². The van der Waals surface area contributed by atoms with Crippen molar-refractivity contribution >= 4 is 22.7 Å². The van der Waals surface area contributed by atoms with E-state index in [1.165, 1.54) is 0 Å². The summed E-state index contributed by atoms with van der Waals surface area (Å²) in [7, 11) is 2.01. The highest BCUT2D eigenvalue weighted by Gasteiger charge is 2.51. The Morgan fingerprint density at radius 1 is 1.27 bits per heavy atom. The highest BCUT2D eigenvalue weighted by Crippen LogP contribution is 2.47. The van der Waals surface area contributed by atoms with Gasteiger partial charge in [0.05, 0.1) is 11.8 Å². The van der Waals surface area contributed by atoms with E-state index in [9.17, 15) is 14.7 Å². The molecule has 2 aromatic rings. The molecule has 0 spiro atoms. The molecule has 1 aliphatic heterocycles. The van der Waals surface area contributed by atoms with Crippen LogP contribution in [0.1, 0.15) is 23.6 Å². The third-order valence-corrected chi connectivity index (χ3v) is 5.24. The fourth-order valence-electron chi connectivity index (χ4n) is 4.29. The Morgan fingerprint density at radius 3 is 2.82 bits per heavy atom. The van der Waals surface area contributed by atoms with E-state index in [4.69, 9.17) is 0 Å². The number of carbonyl (C=O) groups excluding carboxylic acids is 2. The number of aliphatic hydroxyl groups excluding tert-OH is 1. The topological polar surface area (TPSA) is 71.3 Å². The minimum absolute atomic E-state index is 0.0111. The molecule has 2 amide bonds. The number of aromatic nitrogens is 1. The second-order valence-electron chi connectivity index (χ2n) is 6.27. The maximum Gasteiger partial charge on any atom is 0.235 e. The number of nitrogens with zero attached hydrogens (tertiary/aromatic N) is 1. The van der Waals surface area contributed by atoms with E-state index in [-0.39, 0.29) is 30.3 Å². The lowest BCUT2D eigenvalue weighted by molar-refractivity contribution is -0.126. The number of hydrogen-bond donors (Lipinski definition) is 2. The molecule has 4 rings (SSSR count). The van der Waals surface area contributed by atoms with Gasteiger partial charge in [-0.15, -0.1) is 0 Å². The van der Waals surface area contributed by atoms with Crippen LogP contribution in [-0.2, 0) is 23.1 Å². The van der Waals surface area contributed by atoms with Gasteiger partial charge in [-0.05, 0) is 30.4 Å². The lowest BCUT2D eigenvalue weighted by Gasteiger charge is -2.31. The van der Waals surface area contributed by atoms with E-state index in [0.717, 1.165) is 28.6 Å². The van der Waals surface area contributed by atoms with E-state index < -0.39 is 5.92 Å². The molecule has 1 fully saturated rings. The third-order valence-electron chi connectivity index (χ3n) is 5.24. The van der Waals surface area contributed by atoms with Crippen LogP contribution >= 0.6 is 0 Å². The van der Waals surface area contributed by atoms with Crippen LogP contribution in [0.4, 0.5) is 0 Å². The van der Waals surface area contributed by atoms with Gasteiger partial charge in [-0.25, -0.2) is 0 Å². The molecule has 2 heterocycles. The lowest BCUT2D eigenvalue weighted by atomic mass is 9.70. The first kappa shape index (κ1) is 13.5. The molecule has 5 heteroatoms. The van der Waals surface area contributed by atoms with Gasteiger partial charge in [-0.3, -0.25) is 14.9 Å². The van der Waals surface area contributed by atoms with Crippen molar-refractivity contribution in [2.45, 2.75) is 18.8 Å². The molecule has 0 bridgehead atoms. The summed E-state index contributed by atoms with van der Waals surface area (Å²) in [4.78, 5) is 24.6. The van der Waals surface area contributed by atoms with Crippen molar-refractivity contribution in [2.24, 2.45) is 18.9 Å². The van der Waals surface area contributed by atoms with Crippen LogP contribution in [-0.4, -0.2) is 28.1 Å². The maximum absolute atomic E-state index is 12.4. The van der Waals surface area contributed by atoms with Crippen molar-refractivity contribution in [2.75, 3.05) is 6.61 Å². The molecule has 1 saturated heterocycles. The van der Waals surface area contributed by atoms with E-state index in [1.54, 1.807) is 0 Å². The van der Waals surface area contributed by atoms with Gasteiger partial charge in [0.2, 0.25) is 11.8 Å². The van der Waals surface area contributed by atoms with Crippen LogP contribution in [0, 0.1) is 11.8 Å². The molecule has 1 aromatic carbocycles. The number of aliphatic hydroxyl groups is 1. The first-order chi connectivity index (χ1) is 10.6. The number of rotatable bonds is 2. The highest BCUT2D eigenvalue weighted by atomic mass is 16.3. The van der Waals surface area contributed by atoms with E-state index in [2.05, 4.69) is 9.88 Å². The number of benzene rings is 1. The van der Waals surface area contributed by atoms with Gasteiger partial charge in [0.25, 0.3) is 0 Å². The maximum atomic E-state index is 12.4. The third kappa shape index (κ3) is 1.63. The molecule has 2 aliphatic rings. The number of hydrogen-bond acceptors (Lipinski definition) is 3. The monoisotopic (exact) mass is 298 g/mol.